The summed E-state index contributed by atoms with van der Waals surface area (Å²) in [6.45, 7) is 0. The first-order valence-corrected chi connectivity index (χ1v) is 13.1. The van der Waals surface area contributed by atoms with Crippen molar-refractivity contribution in [3.8, 4) is 5.75 Å². The standard InChI is InChI=1S/C29H35N3O4/c1-34-25-14-8-9-21(19-25)20-26-31-27(32-36-26)29(22-10-4-2-5-11-22)17-15-24(16-18-29)35-28(33)30-23-12-6-3-7-13-23/h2,4-5,8-11,14,19,23-24H,3,6-7,12-13,15-18,20H2,1H3,(H,30,33). The van der Waals surface area contributed by atoms with Gasteiger partial charge in [0, 0.05) is 6.04 Å². The lowest BCUT2D eigenvalue weighted by molar-refractivity contribution is 0.0583. The van der Waals surface area contributed by atoms with Gasteiger partial charge in [0.1, 0.15) is 11.9 Å². The van der Waals surface area contributed by atoms with E-state index in [2.05, 4.69) is 34.7 Å². The van der Waals surface area contributed by atoms with E-state index in [-0.39, 0.29) is 23.7 Å². The molecule has 2 saturated carbocycles. The first-order valence-electron chi connectivity index (χ1n) is 13.1. The molecule has 5 rings (SSSR count). The minimum absolute atomic E-state index is 0.103. The number of rotatable bonds is 7. The quantitative estimate of drug-likeness (QED) is 0.441. The second-order valence-corrected chi connectivity index (χ2v) is 10.1. The SMILES string of the molecule is COc1cccc(Cc2nc(C3(c4ccccc4)CCC(OC(=O)NC4CCCCC4)CC3)no2)c1. The highest BCUT2D eigenvalue weighted by Crippen LogP contribution is 2.44. The van der Waals surface area contributed by atoms with Crippen molar-refractivity contribution in [1.29, 1.82) is 0 Å². The van der Waals surface area contributed by atoms with Gasteiger partial charge in [0.05, 0.1) is 18.9 Å². The molecule has 0 radical (unpaired) electrons. The zero-order chi connectivity index (χ0) is 24.8. The molecule has 0 atom stereocenters. The first kappa shape index (κ1) is 24.3. The normalized spacial score (nSPS) is 22.6. The summed E-state index contributed by atoms with van der Waals surface area (Å²) in [7, 11) is 1.66. The Morgan fingerprint density at radius 3 is 2.56 bits per heavy atom. The molecule has 0 unspecified atom stereocenters. The van der Waals surface area contributed by atoms with E-state index in [1.807, 2.05) is 30.3 Å². The zero-order valence-electron chi connectivity index (χ0n) is 20.9. The number of nitrogens with one attached hydrogen (secondary N) is 1. The van der Waals surface area contributed by atoms with Crippen LogP contribution in [0.3, 0.4) is 0 Å². The maximum atomic E-state index is 12.5. The summed E-state index contributed by atoms with van der Waals surface area (Å²) < 4.78 is 16.9. The number of hydrogen-bond donors (Lipinski definition) is 1. The Morgan fingerprint density at radius 1 is 1.03 bits per heavy atom. The summed E-state index contributed by atoms with van der Waals surface area (Å²) in [6.07, 6.45) is 8.97. The van der Waals surface area contributed by atoms with E-state index in [1.165, 1.54) is 24.8 Å². The molecule has 0 spiro atoms. The van der Waals surface area contributed by atoms with Crippen molar-refractivity contribution >= 4 is 6.09 Å². The fourth-order valence-electron chi connectivity index (χ4n) is 5.68. The Hall–Kier alpha value is -3.35. The molecule has 0 bridgehead atoms. The van der Waals surface area contributed by atoms with Gasteiger partial charge in [0.25, 0.3) is 0 Å². The van der Waals surface area contributed by atoms with Crippen LogP contribution in [0, 0.1) is 0 Å². The van der Waals surface area contributed by atoms with Gasteiger partial charge in [-0.05, 0) is 61.8 Å². The van der Waals surface area contributed by atoms with Crippen LogP contribution in [-0.4, -0.2) is 35.5 Å². The third-order valence-electron chi connectivity index (χ3n) is 7.70. The number of methoxy groups -OCH3 is 1. The summed E-state index contributed by atoms with van der Waals surface area (Å²) in [6, 6.07) is 18.5. The molecule has 7 nitrogen and oxygen atoms in total. The first-order chi connectivity index (χ1) is 17.6. The number of ether oxygens (including phenoxy) is 2. The fourth-order valence-corrected chi connectivity index (χ4v) is 5.68. The second kappa shape index (κ2) is 11.1. The van der Waals surface area contributed by atoms with Gasteiger partial charge in [-0.3, -0.25) is 0 Å². The van der Waals surface area contributed by atoms with Crippen LogP contribution in [0.2, 0.25) is 0 Å². The highest BCUT2D eigenvalue weighted by Gasteiger charge is 2.43. The number of alkyl carbamates (subject to hydrolysis) is 1. The van der Waals surface area contributed by atoms with Crippen LogP contribution < -0.4 is 10.1 Å². The van der Waals surface area contributed by atoms with Gasteiger partial charge in [-0.15, -0.1) is 0 Å². The van der Waals surface area contributed by atoms with Gasteiger partial charge in [-0.25, -0.2) is 4.79 Å². The highest BCUT2D eigenvalue weighted by atomic mass is 16.6. The largest absolute Gasteiger partial charge is 0.497 e. The smallest absolute Gasteiger partial charge is 0.407 e. The molecule has 36 heavy (non-hydrogen) atoms. The minimum Gasteiger partial charge on any atom is -0.497 e. The molecule has 2 fully saturated rings. The molecule has 0 saturated heterocycles. The number of aromatic nitrogens is 2. The number of carbonyl (C=O) groups excluding carboxylic acids is 1. The molecule has 3 aromatic rings. The maximum Gasteiger partial charge on any atom is 0.407 e. The molecule has 7 heteroatoms. The van der Waals surface area contributed by atoms with E-state index in [0.717, 1.165) is 49.8 Å². The van der Waals surface area contributed by atoms with Crippen LogP contribution in [0.5, 0.6) is 5.75 Å². The summed E-state index contributed by atoms with van der Waals surface area (Å²) in [5.74, 6) is 2.09. The highest BCUT2D eigenvalue weighted by molar-refractivity contribution is 5.67. The van der Waals surface area contributed by atoms with Crippen LogP contribution in [0.1, 0.15) is 80.6 Å². The summed E-state index contributed by atoms with van der Waals surface area (Å²) >= 11 is 0. The monoisotopic (exact) mass is 489 g/mol. The number of carbonyl (C=O) groups is 1. The van der Waals surface area contributed by atoms with Crippen molar-refractivity contribution in [1.82, 2.24) is 15.5 Å². The van der Waals surface area contributed by atoms with E-state index in [4.69, 9.17) is 19.0 Å². The van der Waals surface area contributed by atoms with Crippen molar-refractivity contribution in [3.63, 3.8) is 0 Å². The van der Waals surface area contributed by atoms with Crippen molar-refractivity contribution in [2.75, 3.05) is 7.11 Å². The number of hydrogen-bond acceptors (Lipinski definition) is 6. The van der Waals surface area contributed by atoms with E-state index in [1.54, 1.807) is 7.11 Å². The lowest BCUT2D eigenvalue weighted by atomic mass is 9.68. The summed E-state index contributed by atoms with van der Waals surface area (Å²) in [5.41, 5.74) is 1.86. The molecule has 1 heterocycles. The molecular weight excluding hydrogens is 454 g/mol. The Kier molecular flexibility index (Phi) is 7.54. The molecule has 2 aliphatic rings. The van der Waals surface area contributed by atoms with Gasteiger partial charge in [-0.2, -0.15) is 4.98 Å². The van der Waals surface area contributed by atoms with Gasteiger partial charge in [-0.1, -0.05) is 66.9 Å². The molecule has 2 aromatic carbocycles. The number of nitrogens with zero attached hydrogens (tertiary/aromatic N) is 2. The average Bonchev–Trinajstić information content (AvgIpc) is 3.39. The Labute approximate surface area is 212 Å². The lowest BCUT2D eigenvalue weighted by Gasteiger charge is -2.38. The van der Waals surface area contributed by atoms with Crippen molar-refractivity contribution in [3.05, 3.63) is 77.4 Å². The maximum absolute atomic E-state index is 12.5. The zero-order valence-corrected chi connectivity index (χ0v) is 20.9. The van der Waals surface area contributed by atoms with E-state index < -0.39 is 0 Å². The molecule has 0 aliphatic heterocycles. The molecular formula is C29H35N3O4. The van der Waals surface area contributed by atoms with E-state index in [0.29, 0.717) is 18.1 Å². The summed E-state index contributed by atoms with van der Waals surface area (Å²) in [5, 5.41) is 7.53. The Morgan fingerprint density at radius 2 is 1.81 bits per heavy atom. The predicted octanol–water partition coefficient (Wildman–Crippen LogP) is 5.96. The molecule has 2 aliphatic carbocycles. The van der Waals surface area contributed by atoms with Crippen molar-refractivity contribution in [2.24, 2.45) is 0 Å². The lowest BCUT2D eigenvalue weighted by Crippen LogP contribution is -2.41. The van der Waals surface area contributed by atoms with Crippen LogP contribution in [0.4, 0.5) is 4.79 Å². The molecule has 1 amide bonds. The fraction of sp³-hybridized carbons (Fsp3) is 0.483. The predicted molar refractivity (Wildman–Crippen MR) is 136 cm³/mol. The van der Waals surface area contributed by atoms with Gasteiger partial charge >= 0.3 is 6.09 Å². The minimum atomic E-state index is -0.364. The van der Waals surface area contributed by atoms with Crippen LogP contribution in [0.15, 0.2) is 59.1 Å². The van der Waals surface area contributed by atoms with Gasteiger partial charge in [0.2, 0.25) is 5.89 Å². The average molecular weight is 490 g/mol. The number of amides is 1. The second-order valence-electron chi connectivity index (χ2n) is 10.1. The van der Waals surface area contributed by atoms with Gasteiger partial charge in [0.15, 0.2) is 5.82 Å². The van der Waals surface area contributed by atoms with Crippen molar-refractivity contribution < 1.29 is 18.8 Å². The molecule has 1 aromatic heterocycles. The Balaban J connectivity index is 1.28. The molecule has 1 N–H and O–H groups in total. The third-order valence-corrected chi connectivity index (χ3v) is 7.70. The van der Waals surface area contributed by atoms with Crippen molar-refractivity contribution in [2.45, 2.75) is 81.8 Å². The van der Waals surface area contributed by atoms with Crippen LogP contribution in [0.25, 0.3) is 0 Å². The van der Waals surface area contributed by atoms with Crippen LogP contribution in [-0.2, 0) is 16.6 Å². The third kappa shape index (κ3) is 5.55. The summed E-state index contributed by atoms with van der Waals surface area (Å²) in [4.78, 5) is 17.4. The van der Waals surface area contributed by atoms with Crippen LogP contribution >= 0.6 is 0 Å². The number of benzene rings is 2. The molecule has 190 valence electrons. The topological polar surface area (TPSA) is 86.5 Å². The van der Waals surface area contributed by atoms with Gasteiger partial charge < -0.3 is 19.3 Å². The van der Waals surface area contributed by atoms with E-state index in [9.17, 15) is 4.79 Å². The van der Waals surface area contributed by atoms with E-state index >= 15 is 0 Å². The Bertz CT molecular complexity index is 1130.